The van der Waals surface area contributed by atoms with Crippen molar-refractivity contribution in [2.75, 3.05) is 13.2 Å². The molecule has 0 aliphatic rings. The van der Waals surface area contributed by atoms with Crippen molar-refractivity contribution < 1.29 is 19.0 Å². The molecule has 2 unspecified atom stereocenters. The summed E-state index contributed by atoms with van der Waals surface area (Å²) in [5.74, 6) is -0.247. The molecule has 0 aliphatic heterocycles. The number of carbonyl (C=O) groups is 1. The lowest BCUT2D eigenvalue weighted by molar-refractivity contribution is -0.126. The number of aliphatic hydroxyl groups is 1. The minimum atomic E-state index is -1.27. The Morgan fingerprint density at radius 3 is 2.46 bits per heavy atom. The van der Waals surface area contributed by atoms with Gasteiger partial charge in [0.15, 0.2) is 0 Å². The molecule has 0 spiro atoms. The maximum Gasteiger partial charge on any atom is 0.226 e. The summed E-state index contributed by atoms with van der Waals surface area (Å²) in [4.78, 5) is 12.1. The van der Waals surface area contributed by atoms with Gasteiger partial charge in [0.25, 0.3) is 0 Å². The van der Waals surface area contributed by atoms with Crippen LogP contribution in [0.3, 0.4) is 0 Å². The molecule has 128 valence electrons. The lowest BCUT2D eigenvalue weighted by atomic mass is 9.96. The van der Waals surface area contributed by atoms with Gasteiger partial charge in [0, 0.05) is 0 Å². The van der Waals surface area contributed by atoms with Gasteiger partial charge in [0.1, 0.15) is 17.2 Å². The zero-order valence-electron chi connectivity index (χ0n) is 13.8. The first kappa shape index (κ1) is 17.9. The highest BCUT2D eigenvalue weighted by molar-refractivity contribution is 5.78. The van der Waals surface area contributed by atoms with Crippen LogP contribution in [0.4, 0.5) is 4.39 Å². The maximum atomic E-state index is 13.0. The summed E-state index contributed by atoms with van der Waals surface area (Å²) < 4.78 is 18.5. The SMILES string of the molecule is CC(COc1ccccc1)C(=O)NCC(C)(O)c1ccc(F)cc1. The second-order valence-corrected chi connectivity index (χ2v) is 6.02. The van der Waals surface area contributed by atoms with Crippen LogP contribution in [0.5, 0.6) is 5.75 Å². The third-order valence-corrected chi connectivity index (χ3v) is 3.76. The van der Waals surface area contributed by atoms with Crippen LogP contribution < -0.4 is 10.1 Å². The first-order valence-electron chi connectivity index (χ1n) is 7.82. The van der Waals surface area contributed by atoms with Gasteiger partial charge in [-0.05, 0) is 36.8 Å². The van der Waals surface area contributed by atoms with E-state index >= 15 is 0 Å². The molecule has 0 bridgehead atoms. The van der Waals surface area contributed by atoms with Crippen LogP contribution in [0.2, 0.25) is 0 Å². The van der Waals surface area contributed by atoms with Gasteiger partial charge in [-0.15, -0.1) is 0 Å². The van der Waals surface area contributed by atoms with E-state index in [9.17, 15) is 14.3 Å². The monoisotopic (exact) mass is 331 g/mol. The Morgan fingerprint density at radius 1 is 1.21 bits per heavy atom. The Kier molecular flexibility index (Phi) is 5.93. The van der Waals surface area contributed by atoms with Crippen molar-refractivity contribution >= 4 is 5.91 Å². The van der Waals surface area contributed by atoms with Gasteiger partial charge in [-0.2, -0.15) is 0 Å². The highest BCUT2D eigenvalue weighted by atomic mass is 19.1. The van der Waals surface area contributed by atoms with E-state index < -0.39 is 5.60 Å². The number of hydrogen-bond acceptors (Lipinski definition) is 3. The molecule has 0 radical (unpaired) electrons. The summed E-state index contributed by atoms with van der Waals surface area (Å²) in [7, 11) is 0. The molecule has 0 saturated carbocycles. The second kappa shape index (κ2) is 7.93. The Bertz CT molecular complexity index is 656. The van der Waals surface area contributed by atoms with Crippen molar-refractivity contribution in [1.82, 2.24) is 5.32 Å². The lowest BCUT2D eigenvalue weighted by Crippen LogP contribution is -2.41. The smallest absolute Gasteiger partial charge is 0.226 e. The summed E-state index contributed by atoms with van der Waals surface area (Å²) in [6.45, 7) is 3.61. The van der Waals surface area contributed by atoms with Crippen molar-refractivity contribution in [3.8, 4) is 5.75 Å². The van der Waals surface area contributed by atoms with Crippen molar-refractivity contribution in [2.45, 2.75) is 19.4 Å². The van der Waals surface area contributed by atoms with Crippen LogP contribution in [-0.2, 0) is 10.4 Å². The fraction of sp³-hybridized carbons (Fsp3) is 0.316. The zero-order valence-corrected chi connectivity index (χ0v) is 13.8. The van der Waals surface area contributed by atoms with Gasteiger partial charge in [-0.3, -0.25) is 4.79 Å². The van der Waals surface area contributed by atoms with E-state index in [0.29, 0.717) is 11.3 Å². The van der Waals surface area contributed by atoms with Crippen LogP contribution >= 0.6 is 0 Å². The molecule has 1 amide bonds. The fourth-order valence-corrected chi connectivity index (χ4v) is 2.16. The first-order valence-corrected chi connectivity index (χ1v) is 7.82. The average Bonchev–Trinajstić information content (AvgIpc) is 2.59. The molecule has 2 atom stereocenters. The van der Waals surface area contributed by atoms with Crippen LogP contribution in [0.1, 0.15) is 19.4 Å². The third kappa shape index (κ3) is 5.06. The molecule has 5 heteroatoms. The zero-order chi connectivity index (χ0) is 17.6. The van der Waals surface area contributed by atoms with Crippen molar-refractivity contribution in [3.05, 3.63) is 66.0 Å². The van der Waals surface area contributed by atoms with E-state index in [1.54, 1.807) is 13.8 Å². The number of nitrogens with one attached hydrogen (secondary N) is 1. The topological polar surface area (TPSA) is 58.6 Å². The molecule has 2 rings (SSSR count). The molecular formula is C19H22FNO3. The standard InChI is InChI=1S/C19H22FNO3/c1-14(12-24-17-6-4-3-5-7-17)18(22)21-13-19(2,23)15-8-10-16(20)11-9-15/h3-11,14,23H,12-13H2,1-2H3,(H,21,22). The fourth-order valence-electron chi connectivity index (χ4n) is 2.16. The Labute approximate surface area is 141 Å². The minimum Gasteiger partial charge on any atom is -0.493 e. The second-order valence-electron chi connectivity index (χ2n) is 6.02. The van der Waals surface area contributed by atoms with E-state index in [1.165, 1.54) is 24.3 Å². The Morgan fingerprint density at radius 2 is 1.83 bits per heavy atom. The first-order chi connectivity index (χ1) is 11.4. The number of carbonyl (C=O) groups excluding carboxylic acids is 1. The van der Waals surface area contributed by atoms with Gasteiger partial charge < -0.3 is 15.2 Å². The van der Waals surface area contributed by atoms with Crippen LogP contribution in [0, 0.1) is 11.7 Å². The largest absolute Gasteiger partial charge is 0.493 e. The molecular weight excluding hydrogens is 309 g/mol. The van der Waals surface area contributed by atoms with Crippen molar-refractivity contribution in [2.24, 2.45) is 5.92 Å². The van der Waals surface area contributed by atoms with Gasteiger partial charge in [-0.1, -0.05) is 37.3 Å². The van der Waals surface area contributed by atoms with E-state index in [1.807, 2.05) is 30.3 Å². The number of para-hydroxylation sites is 1. The van der Waals surface area contributed by atoms with Crippen molar-refractivity contribution in [3.63, 3.8) is 0 Å². The Hall–Kier alpha value is -2.40. The molecule has 0 aromatic heterocycles. The number of amides is 1. The average molecular weight is 331 g/mol. The van der Waals surface area contributed by atoms with Crippen molar-refractivity contribution in [1.29, 1.82) is 0 Å². The molecule has 24 heavy (non-hydrogen) atoms. The highest BCUT2D eigenvalue weighted by Gasteiger charge is 2.25. The van der Waals surface area contributed by atoms with E-state index in [2.05, 4.69) is 5.32 Å². The number of rotatable bonds is 7. The van der Waals surface area contributed by atoms with Crippen LogP contribution in [0.15, 0.2) is 54.6 Å². The van der Waals surface area contributed by atoms with Gasteiger partial charge in [0.05, 0.1) is 19.1 Å². The predicted octanol–water partition coefficient (Wildman–Crippen LogP) is 2.86. The molecule has 2 aromatic rings. The van der Waals surface area contributed by atoms with Gasteiger partial charge in [-0.25, -0.2) is 4.39 Å². The summed E-state index contributed by atoms with van der Waals surface area (Å²) in [6.07, 6.45) is 0. The summed E-state index contributed by atoms with van der Waals surface area (Å²) in [5, 5.41) is 13.2. The van der Waals surface area contributed by atoms with Gasteiger partial charge >= 0.3 is 0 Å². The van der Waals surface area contributed by atoms with E-state index in [4.69, 9.17) is 4.74 Å². The number of hydrogen-bond donors (Lipinski definition) is 2. The Balaban J connectivity index is 1.83. The molecule has 0 heterocycles. The number of ether oxygens (including phenoxy) is 1. The summed E-state index contributed by atoms with van der Waals surface area (Å²) in [5.41, 5.74) is -0.735. The van der Waals surface area contributed by atoms with E-state index in [0.717, 1.165) is 0 Å². The minimum absolute atomic E-state index is 0.0349. The molecule has 4 nitrogen and oxygen atoms in total. The lowest BCUT2D eigenvalue weighted by Gasteiger charge is -2.25. The summed E-state index contributed by atoms with van der Waals surface area (Å²) >= 11 is 0. The van der Waals surface area contributed by atoms with Crippen LogP contribution in [-0.4, -0.2) is 24.2 Å². The molecule has 0 saturated heterocycles. The number of halogens is 1. The molecule has 2 N–H and O–H groups in total. The van der Waals surface area contributed by atoms with E-state index in [-0.39, 0.29) is 30.8 Å². The number of benzene rings is 2. The normalized spacial score (nSPS) is 14.5. The third-order valence-electron chi connectivity index (χ3n) is 3.76. The molecule has 0 fully saturated rings. The summed E-state index contributed by atoms with van der Waals surface area (Å²) in [6, 6.07) is 14.8. The van der Waals surface area contributed by atoms with Crippen LogP contribution in [0.25, 0.3) is 0 Å². The van der Waals surface area contributed by atoms with Gasteiger partial charge in [0.2, 0.25) is 5.91 Å². The molecule has 0 aliphatic carbocycles. The quantitative estimate of drug-likeness (QED) is 0.820. The molecule has 2 aromatic carbocycles. The highest BCUT2D eigenvalue weighted by Crippen LogP contribution is 2.20. The maximum absolute atomic E-state index is 13.0. The predicted molar refractivity (Wildman–Crippen MR) is 90.1 cm³/mol.